The maximum absolute atomic E-state index is 12.8. The van der Waals surface area contributed by atoms with Crippen LogP contribution in [0.25, 0.3) is 16.7 Å². The molecule has 4 rings (SSSR count). The van der Waals surface area contributed by atoms with Gasteiger partial charge in [-0.3, -0.25) is 9.36 Å². The summed E-state index contributed by atoms with van der Waals surface area (Å²) in [6.45, 7) is 1.88. The Bertz CT molecular complexity index is 1140. The zero-order valence-electron chi connectivity index (χ0n) is 16.2. The van der Waals surface area contributed by atoms with Crippen LogP contribution in [0.2, 0.25) is 0 Å². The van der Waals surface area contributed by atoms with E-state index >= 15 is 0 Å². The fraction of sp³-hybridized carbons (Fsp3) is 0.130. The monoisotopic (exact) mass is 403 g/mol. The summed E-state index contributed by atoms with van der Waals surface area (Å²) in [7, 11) is 1.59. The van der Waals surface area contributed by atoms with Gasteiger partial charge in [0.05, 0.1) is 29.1 Å². The Morgan fingerprint density at radius 3 is 2.48 bits per heavy atom. The predicted molar refractivity (Wildman–Crippen MR) is 118 cm³/mol. The van der Waals surface area contributed by atoms with Crippen molar-refractivity contribution in [1.82, 2.24) is 9.55 Å². The Balaban J connectivity index is 1.63. The molecule has 3 aromatic carbocycles. The van der Waals surface area contributed by atoms with Crippen molar-refractivity contribution in [3.05, 3.63) is 78.9 Å². The smallest absolute Gasteiger partial charge is 0.237 e. The van der Waals surface area contributed by atoms with Gasteiger partial charge in [0.15, 0.2) is 5.16 Å². The van der Waals surface area contributed by atoms with Crippen molar-refractivity contribution in [2.75, 3.05) is 12.4 Å². The van der Waals surface area contributed by atoms with E-state index < -0.39 is 0 Å². The van der Waals surface area contributed by atoms with Gasteiger partial charge in [0.2, 0.25) is 5.91 Å². The number of ether oxygens (including phenoxy) is 1. The van der Waals surface area contributed by atoms with Crippen LogP contribution >= 0.6 is 11.8 Å². The molecule has 1 unspecified atom stereocenters. The molecule has 0 aliphatic heterocycles. The highest BCUT2D eigenvalue weighted by Gasteiger charge is 2.21. The Labute approximate surface area is 173 Å². The van der Waals surface area contributed by atoms with Gasteiger partial charge in [0.25, 0.3) is 0 Å². The molecule has 0 saturated heterocycles. The van der Waals surface area contributed by atoms with Gasteiger partial charge in [0, 0.05) is 5.69 Å². The normalized spacial score (nSPS) is 11.9. The van der Waals surface area contributed by atoms with Gasteiger partial charge in [-0.1, -0.05) is 54.2 Å². The largest absolute Gasteiger partial charge is 0.495 e. The number of anilines is 1. The van der Waals surface area contributed by atoms with Gasteiger partial charge in [-0.15, -0.1) is 0 Å². The molecule has 5 nitrogen and oxygen atoms in total. The fourth-order valence-corrected chi connectivity index (χ4v) is 4.05. The number of amides is 1. The summed E-state index contributed by atoms with van der Waals surface area (Å²) in [5, 5.41) is 3.38. The SMILES string of the molecule is COc1ccccc1NC(=O)C(C)Sc1nc2ccccc2n1-c1ccccc1. The molecule has 29 heavy (non-hydrogen) atoms. The third kappa shape index (κ3) is 3.98. The van der Waals surface area contributed by atoms with Crippen molar-refractivity contribution in [2.24, 2.45) is 0 Å². The molecular formula is C23H21N3O2S. The van der Waals surface area contributed by atoms with Crippen LogP contribution in [-0.2, 0) is 4.79 Å². The van der Waals surface area contributed by atoms with Gasteiger partial charge in [-0.05, 0) is 43.3 Å². The second-order valence-electron chi connectivity index (χ2n) is 6.50. The number of carbonyl (C=O) groups excluding carboxylic acids is 1. The summed E-state index contributed by atoms with van der Waals surface area (Å²) in [6.07, 6.45) is 0. The van der Waals surface area contributed by atoms with Gasteiger partial charge >= 0.3 is 0 Å². The van der Waals surface area contributed by atoms with Crippen molar-refractivity contribution in [3.63, 3.8) is 0 Å². The Hall–Kier alpha value is -3.25. The molecule has 4 aromatic rings. The van der Waals surface area contributed by atoms with Gasteiger partial charge < -0.3 is 10.1 Å². The first-order valence-electron chi connectivity index (χ1n) is 9.31. The van der Waals surface area contributed by atoms with E-state index in [-0.39, 0.29) is 11.2 Å². The van der Waals surface area contributed by atoms with Crippen molar-refractivity contribution in [1.29, 1.82) is 0 Å². The molecule has 6 heteroatoms. The number of nitrogens with one attached hydrogen (secondary N) is 1. The molecule has 0 radical (unpaired) electrons. The molecule has 1 heterocycles. The van der Waals surface area contributed by atoms with Crippen LogP contribution in [-0.4, -0.2) is 27.8 Å². The minimum atomic E-state index is -0.348. The van der Waals surface area contributed by atoms with Gasteiger partial charge in [0.1, 0.15) is 5.75 Å². The zero-order chi connectivity index (χ0) is 20.2. The van der Waals surface area contributed by atoms with Crippen LogP contribution in [0.3, 0.4) is 0 Å². The number of benzene rings is 3. The quantitative estimate of drug-likeness (QED) is 0.452. The molecule has 0 saturated carbocycles. The third-order valence-corrected chi connectivity index (χ3v) is 5.61. The van der Waals surface area contributed by atoms with Crippen molar-refractivity contribution in [2.45, 2.75) is 17.3 Å². The first-order chi connectivity index (χ1) is 14.2. The molecule has 0 aliphatic rings. The molecule has 0 fully saturated rings. The second kappa shape index (κ2) is 8.41. The lowest BCUT2D eigenvalue weighted by molar-refractivity contribution is -0.115. The summed E-state index contributed by atoms with van der Waals surface area (Å²) < 4.78 is 7.41. The van der Waals surface area contributed by atoms with E-state index in [0.717, 1.165) is 21.9 Å². The van der Waals surface area contributed by atoms with E-state index in [1.54, 1.807) is 7.11 Å². The highest BCUT2D eigenvalue weighted by molar-refractivity contribution is 8.00. The lowest BCUT2D eigenvalue weighted by Crippen LogP contribution is -2.23. The summed E-state index contributed by atoms with van der Waals surface area (Å²) in [5.41, 5.74) is 3.58. The standard InChI is InChI=1S/C23H21N3O2S/c1-16(22(27)24-19-13-7-9-15-21(19)28-2)29-23-25-18-12-6-8-14-20(18)26(23)17-10-4-3-5-11-17/h3-16H,1-2H3,(H,24,27). The van der Waals surface area contributed by atoms with Crippen LogP contribution < -0.4 is 10.1 Å². The van der Waals surface area contributed by atoms with Crippen molar-refractivity contribution in [3.8, 4) is 11.4 Å². The number of aromatic nitrogens is 2. The maximum atomic E-state index is 12.8. The zero-order valence-corrected chi connectivity index (χ0v) is 17.0. The molecule has 0 spiro atoms. The summed E-state index contributed by atoms with van der Waals surface area (Å²) in [5.74, 6) is 0.528. The van der Waals surface area contributed by atoms with Crippen LogP contribution in [0, 0.1) is 0 Å². The molecule has 0 bridgehead atoms. The molecule has 1 N–H and O–H groups in total. The first kappa shape index (κ1) is 19.1. The van der Waals surface area contributed by atoms with E-state index in [1.807, 2.05) is 85.8 Å². The molecular weight excluding hydrogens is 382 g/mol. The Morgan fingerprint density at radius 2 is 1.69 bits per heavy atom. The maximum Gasteiger partial charge on any atom is 0.237 e. The van der Waals surface area contributed by atoms with Crippen LogP contribution in [0.1, 0.15) is 6.92 Å². The van der Waals surface area contributed by atoms with E-state index in [1.165, 1.54) is 11.8 Å². The number of nitrogens with zero attached hydrogens (tertiary/aromatic N) is 2. The van der Waals surface area contributed by atoms with E-state index in [9.17, 15) is 4.79 Å². The van der Waals surface area contributed by atoms with Crippen molar-refractivity contribution >= 4 is 34.4 Å². The molecule has 1 amide bonds. The Morgan fingerprint density at radius 1 is 1.00 bits per heavy atom. The number of thioether (sulfide) groups is 1. The number of fused-ring (bicyclic) bond motifs is 1. The second-order valence-corrected chi connectivity index (χ2v) is 7.81. The predicted octanol–water partition coefficient (Wildman–Crippen LogP) is 5.15. The van der Waals surface area contributed by atoms with Crippen molar-refractivity contribution < 1.29 is 9.53 Å². The summed E-state index contributed by atoms with van der Waals surface area (Å²) in [4.78, 5) is 17.6. The number of hydrogen-bond donors (Lipinski definition) is 1. The van der Waals surface area contributed by atoms with E-state index in [2.05, 4.69) is 9.88 Å². The third-order valence-electron chi connectivity index (χ3n) is 4.56. The number of carbonyl (C=O) groups is 1. The van der Waals surface area contributed by atoms with Crippen LogP contribution in [0.4, 0.5) is 5.69 Å². The molecule has 146 valence electrons. The topological polar surface area (TPSA) is 56.1 Å². The van der Waals surface area contributed by atoms with Crippen LogP contribution in [0.15, 0.2) is 84.0 Å². The molecule has 1 atom stereocenters. The first-order valence-corrected chi connectivity index (χ1v) is 10.2. The average molecular weight is 404 g/mol. The number of para-hydroxylation sites is 5. The highest BCUT2D eigenvalue weighted by atomic mass is 32.2. The van der Waals surface area contributed by atoms with Gasteiger partial charge in [-0.25, -0.2) is 4.98 Å². The average Bonchev–Trinajstić information content (AvgIpc) is 3.12. The van der Waals surface area contributed by atoms with E-state index in [0.29, 0.717) is 11.4 Å². The van der Waals surface area contributed by atoms with Crippen LogP contribution in [0.5, 0.6) is 5.75 Å². The Kier molecular flexibility index (Phi) is 5.53. The number of hydrogen-bond acceptors (Lipinski definition) is 4. The highest BCUT2D eigenvalue weighted by Crippen LogP contribution is 2.31. The number of rotatable bonds is 6. The molecule has 1 aromatic heterocycles. The lowest BCUT2D eigenvalue weighted by atomic mass is 10.3. The van der Waals surface area contributed by atoms with Gasteiger partial charge in [-0.2, -0.15) is 0 Å². The molecule has 0 aliphatic carbocycles. The summed E-state index contributed by atoms with van der Waals surface area (Å²) in [6, 6.07) is 25.4. The number of methoxy groups -OCH3 is 1. The number of imidazole rings is 1. The van der Waals surface area contributed by atoms with E-state index in [4.69, 9.17) is 9.72 Å². The fourth-order valence-electron chi connectivity index (χ4n) is 3.10. The lowest BCUT2D eigenvalue weighted by Gasteiger charge is -2.15. The minimum absolute atomic E-state index is 0.105. The minimum Gasteiger partial charge on any atom is -0.495 e. The summed E-state index contributed by atoms with van der Waals surface area (Å²) >= 11 is 1.43.